The number of morpholine rings is 1. The van der Waals surface area contributed by atoms with Crippen LogP contribution in [0.1, 0.15) is 48.3 Å². The molecule has 8 nitrogen and oxygen atoms in total. The first-order valence-electron chi connectivity index (χ1n) is 13.4. The quantitative estimate of drug-likeness (QED) is 0.337. The second-order valence-corrected chi connectivity index (χ2v) is 11.1. The SMILES string of the molecule is CCc1c(C(=O)N2CCOCC2)nn(C2CCCN(CCC(C(F)(F)F)C(F)(F)F)C2)c1-c1ccccc1S(=O)O. The van der Waals surface area contributed by atoms with Gasteiger partial charge in [-0.15, -0.1) is 0 Å². The fourth-order valence-corrected chi connectivity index (χ4v) is 6.06. The Morgan fingerprint density at radius 1 is 1.12 bits per heavy atom. The molecule has 0 bridgehead atoms. The van der Waals surface area contributed by atoms with Crippen LogP contribution in [0.5, 0.6) is 0 Å². The van der Waals surface area contributed by atoms with Crippen LogP contribution in [-0.4, -0.2) is 92.5 Å². The van der Waals surface area contributed by atoms with Gasteiger partial charge in [-0.05, 0) is 44.8 Å². The number of amides is 1. The molecule has 3 heterocycles. The summed E-state index contributed by atoms with van der Waals surface area (Å²) in [5.74, 6) is -3.76. The molecular formula is C26H32F6N4O4S. The predicted molar refractivity (Wildman–Crippen MR) is 138 cm³/mol. The summed E-state index contributed by atoms with van der Waals surface area (Å²) in [6, 6.07) is 5.89. The van der Waals surface area contributed by atoms with Gasteiger partial charge in [0.2, 0.25) is 0 Å². The average molecular weight is 611 g/mol. The summed E-state index contributed by atoms with van der Waals surface area (Å²) in [4.78, 5) is 16.8. The molecule has 2 aliphatic rings. The smallest absolute Gasteiger partial charge is 0.378 e. The maximum absolute atomic E-state index is 13.6. The van der Waals surface area contributed by atoms with Crippen molar-refractivity contribution >= 4 is 17.0 Å². The lowest BCUT2D eigenvalue weighted by Crippen LogP contribution is -2.42. The van der Waals surface area contributed by atoms with Crippen LogP contribution < -0.4 is 0 Å². The van der Waals surface area contributed by atoms with E-state index < -0.39 is 48.4 Å². The minimum absolute atomic E-state index is 0.0968. The Kier molecular flexibility index (Phi) is 9.81. The van der Waals surface area contributed by atoms with Gasteiger partial charge in [0.25, 0.3) is 5.91 Å². The van der Waals surface area contributed by atoms with Crippen LogP contribution in [0.25, 0.3) is 11.3 Å². The number of likely N-dealkylation sites (tertiary alicyclic amines) is 1. The number of aromatic nitrogens is 2. The molecule has 2 fully saturated rings. The summed E-state index contributed by atoms with van der Waals surface area (Å²) in [5, 5.41) is 4.68. The number of rotatable bonds is 8. The van der Waals surface area contributed by atoms with Gasteiger partial charge in [-0.3, -0.25) is 9.48 Å². The summed E-state index contributed by atoms with van der Waals surface area (Å²) >= 11 is -2.38. The van der Waals surface area contributed by atoms with Crippen molar-refractivity contribution in [2.75, 3.05) is 45.9 Å². The van der Waals surface area contributed by atoms with E-state index in [9.17, 15) is 39.9 Å². The van der Waals surface area contributed by atoms with Crippen LogP contribution in [0.4, 0.5) is 26.3 Å². The lowest BCUT2D eigenvalue weighted by Gasteiger charge is -2.35. The molecule has 0 saturated carbocycles. The number of hydrogen-bond acceptors (Lipinski definition) is 5. The minimum Gasteiger partial charge on any atom is -0.378 e. The van der Waals surface area contributed by atoms with Gasteiger partial charge in [-0.2, -0.15) is 31.4 Å². The Morgan fingerprint density at radius 3 is 2.39 bits per heavy atom. The molecule has 0 radical (unpaired) electrons. The lowest BCUT2D eigenvalue weighted by molar-refractivity contribution is -0.286. The van der Waals surface area contributed by atoms with Crippen LogP contribution in [-0.2, 0) is 22.2 Å². The second kappa shape index (κ2) is 12.8. The first-order valence-corrected chi connectivity index (χ1v) is 14.5. The third-order valence-corrected chi connectivity index (χ3v) is 8.28. The highest BCUT2D eigenvalue weighted by molar-refractivity contribution is 7.79. The molecular weight excluding hydrogens is 578 g/mol. The molecule has 2 atom stereocenters. The van der Waals surface area contributed by atoms with Crippen LogP contribution in [0.3, 0.4) is 0 Å². The molecule has 228 valence electrons. The van der Waals surface area contributed by atoms with Gasteiger partial charge in [0.1, 0.15) is 0 Å². The first-order chi connectivity index (χ1) is 19.3. The van der Waals surface area contributed by atoms with Gasteiger partial charge < -0.3 is 19.1 Å². The zero-order valence-corrected chi connectivity index (χ0v) is 23.2. The van der Waals surface area contributed by atoms with E-state index in [1.165, 1.54) is 6.07 Å². The number of ether oxygens (including phenoxy) is 1. The molecule has 1 amide bonds. The highest BCUT2D eigenvalue weighted by Crippen LogP contribution is 2.42. The molecule has 1 aromatic heterocycles. The molecule has 2 aliphatic heterocycles. The third kappa shape index (κ3) is 7.12. The topological polar surface area (TPSA) is 87.9 Å². The predicted octanol–water partition coefficient (Wildman–Crippen LogP) is 4.93. The zero-order chi connectivity index (χ0) is 29.9. The van der Waals surface area contributed by atoms with Crippen molar-refractivity contribution in [3.05, 3.63) is 35.5 Å². The van der Waals surface area contributed by atoms with Gasteiger partial charge >= 0.3 is 12.4 Å². The average Bonchev–Trinajstić information content (AvgIpc) is 3.31. The Labute approximate surface area is 235 Å². The number of carbonyl (C=O) groups excluding carboxylic acids is 1. The molecule has 0 spiro atoms. The highest BCUT2D eigenvalue weighted by Gasteiger charge is 2.56. The molecule has 4 rings (SSSR count). The van der Waals surface area contributed by atoms with E-state index in [1.807, 2.05) is 6.92 Å². The fraction of sp³-hybridized carbons (Fsp3) is 0.615. The van der Waals surface area contributed by atoms with Crippen LogP contribution in [0.15, 0.2) is 29.2 Å². The molecule has 41 heavy (non-hydrogen) atoms. The normalized spacial score (nSPS) is 20.0. The molecule has 1 N–H and O–H groups in total. The summed E-state index contributed by atoms with van der Waals surface area (Å²) in [5.41, 5.74) is 1.53. The fourth-order valence-electron chi connectivity index (χ4n) is 5.51. The van der Waals surface area contributed by atoms with Crippen molar-refractivity contribution < 1.29 is 44.6 Å². The number of nitrogens with zero attached hydrogens (tertiary/aromatic N) is 4. The minimum atomic E-state index is -5.41. The summed E-state index contributed by atoms with van der Waals surface area (Å²) in [7, 11) is 0. The molecule has 0 aliphatic carbocycles. The number of benzene rings is 1. The first kappa shape index (κ1) is 31.4. The van der Waals surface area contributed by atoms with E-state index in [0.717, 1.165) is 0 Å². The Morgan fingerprint density at radius 2 is 1.78 bits per heavy atom. The summed E-state index contributed by atoms with van der Waals surface area (Å²) in [6.07, 6.45) is -10.6. The van der Waals surface area contributed by atoms with E-state index in [2.05, 4.69) is 5.10 Å². The van der Waals surface area contributed by atoms with E-state index in [-0.39, 0.29) is 23.0 Å². The molecule has 15 heteroatoms. The Balaban J connectivity index is 1.71. The van der Waals surface area contributed by atoms with E-state index in [4.69, 9.17) is 4.74 Å². The Bertz CT molecular complexity index is 1230. The molecule has 2 aromatic rings. The highest BCUT2D eigenvalue weighted by atomic mass is 32.2. The van der Waals surface area contributed by atoms with E-state index >= 15 is 0 Å². The van der Waals surface area contributed by atoms with Gasteiger partial charge in [-0.1, -0.05) is 25.1 Å². The van der Waals surface area contributed by atoms with Crippen molar-refractivity contribution in [3.8, 4) is 11.3 Å². The maximum Gasteiger partial charge on any atom is 0.400 e. The molecule has 2 unspecified atom stereocenters. The number of piperidine rings is 1. The standard InChI is InChI=1S/C26H32F6N4O4S/c1-2-18-22(24(37)35-12-14-40-15-13-35)33-36(23(18)19-7-3-4-8-20(19)41(38)39)17-6-5-10-34(16-17)11-9-21(25(27,28)29)26(30,31)32/h3-4,7-8,17,21H,2,5-6,9-16H2,1H3,(H,38,39). The Hall–Kier alpha value is -2.49. The van der Waals surface area contributed by atoms with Gasteiger partial charge in [-0.25, -0.2) is 4.21 Å². The van der Waals surface area contributed by atoms with Crippen LogP contribution in [0, 0.1) is 5.92 Å². The second-order valence-electron chi connectivity index (χ2n) is 10.1. The van der Waals surface area contributed by atoms with Crippen molar-refractivity contribution in [2.45, 2.75) is 55.9 Å². The van der Waals surface area contributed by atoms with Gasteiger partial charge in [0.05, 0.1) is 29.8 Å². The summed E-state index contributed by atoms with van der Waals surface area (Å²) < 4.78 is 108. The molecule has 1 aromatic carbocycles. The van der Waals surface area contributed by atoms with Crippen molar-refractivity contribution in [2.24, 2.45) is 5.92 Å². The number of carbonyl (C=O) groups is 1. The van der Waals surface area contributed by atoms with Crippen molar-refractivity contribution in [3.63, 3.8) is 0 Å². The number of alkyl halides is 6. The monoisotopic (exact) mass is 610 g/mol. The summed E-state index contributed by atoms with van der Waals surface area (Å²) in [6.45, 7) is 3.26. The zero-order valence-electron chi connectivity index (χ0n) is 22.4. The number of hydrogen-bond donors (Lipinski definition) is 1. The molecule has 2 saturated heterocycles. The van der Waals surface area contributed by atoms with Gasteiger partial charge in [0.15, 0.2) is 22.7 Å². The van der Waals surface area contributed by atoms with E-state index in [0.29, 0.717) is 68.9 Å². The largest absolute Gasteiger partial charge is 0.400 e. The number of halogens is 6. The van der Waals surface area contributed by atoms with Crippen LogP contribution in [0.2, 0.25) is 0 Å². The van der Waals surface area contributed by atoms with E-state index in [1.54, 1.807) is 32.7 Å². The lowest BCUT2D eigenvalue weighted by atomic mass is 9.99. The third-order valence-electron chi connectivity index (χ3n) is 7.54. The van der Waals surface area contributed by atoms with Crippen molar-refractivity contribution in [1.82, 2.24) is 19.6 Å². The van der Waals surface area contributed by atoms with Crippen molar-refractivity contribution in [1.29, 1.82) is 0 Å². The van der Waals surface area contributed by atoms with Crippen LogP contribution >= 0.6 is 0 Å². The van der Waals surface area contributed by atoms with Gasteiger partial charge in [0, 0.05) is 30.8 Å². The maximum atomic E-state index is 13.6.